The molecule has 1 nitrogen and oxygen atoms in total. The Balaban J connectivity index is 2.89. The van der Waals surface area contributed by atoms with Gasteiger partial charge in [-0.2, -0.15) is 0 Å². The lowest BCUT2D eigenvalue weighted by atomic mass is 10.2. The molecule has 1 aromatic heterocycles. The molecule has 0 bridgehead atoms. The molecule has 0 aliphatic heterocycles. The minimum Gasteiger partial charge on any atom is -0.236 e. The van der Waals surface area contributed by atoms with Crippen LogP contribution in [-0.2, 0) is 0 Å². The molecular formula is C9H4Cl2N. The van der Waals surface area contributed by atoms with Crippen molar-refractivity contribution in [2.75, 3.05) is 0 Å². The minimum absolute atomic E-state index is 0.415. The van der Waals surface area contributed by atoms with Crippen LogP contribution >= 0.6 is 23.2 Å². The van der Waals surface area contributed by atoms with Crippen LogP contribution in [0.25, 0.3) is 10.9 Å². The summed E-state index contributed by atoms with van der Waals surface area (Å²) in [4.78, 5) is 4.10. The molecule has 0 saturated carbocycles. The molecular weight excluding hydrogens is 193 g/mol. The summed E-state index contributed by atoms with van der Waals surface area (Å²) in [6, 6.07) is 9.95. The van der Waals surface area contributed by atoms with E-state index in [1.807, 2.05) is 6.07 Å². The Bertz CT molecular complexity index is 426. The number of nitrogens with zero attached hydrogens (tertiary/aromatic N) is 1. The zero-order chi connectivity index (χ0) is 8.55. The monoisotopic (exact) mass is 196 g/mol. The fourth-order valence-electron chi connectivity index (χ4n) is 1.04. The van der Waals surface area contributed by atoms with E-state index in [-0.39, 0.29) is 0 Å². The van der Waals surface area contributed by atoms with Gasteiger partial charge in [0.15, 0.2) is 0 Å². The van der Waals surface area contributed by atoms with Gasteiger partial charge in [-0.1, -0.05) is 29.3 Å². The third-order valence-corrected chi connectivity index (χ3v) is 2.08. The van der Waals surface area contributed by atoms with Gasteiger partial charge in [0.25, 0.3) is 0 Å². The number of rotatable bonds is 0. The molecule has 0 atom stereocenters. The number of halogens is 2. The Morgan fingerprint density at radius 2 is 2.17 bits per heavy atom. The molecule has 3 heteroatoms. The largest absolute Gasteiger partial charge is 0.236 e. The zero-order valence-electron chi connectivity index (χ0n) is 6.01. The number of hydrogen-bond donors (Lipinski definition) is 0. The van der Waals surface area contributed by atoms with E-state index in [0.717, 1.165) is 10.9 Å². The number of hydrogen-bond acceptors (Lipinski definition) is 1. The molecule has 2 aromatic rings. The normalized spacial score (nSPS) is 10.5. The number of fused-ring (bicyclic) bond motifs is 1. The van der Waals surface area contributed by atoms with Gasteiger partial charge in [-0.05, 0) is 24.3 Å². The third-order valence-electron chi connectivity index (χ3n) is 1.57. The lowest BCUT2D eigenvalue weighted by Crippen LogP contribution is -1.79. The molecule has 1 heterocycles. The molecule has 59 valence electrons. The van der Waals surface area contributed by atoms with E-state index in [0.29, 0.717) is 10.2 Å². The van der Waals surface area contributed by atoms with Gasteiger partial charge in [0.05, 0.1) is 10.5 Å². The Kier molecular flexibility index (Phi) is 1.91. The van der Waals surface area contributed by atoms with Gasteiger partial charge in [-0.3, -0.25) is 0 Å². The Morgan fingerprint density at radius 3 is 3.00 bits per heavy atom. The van der Waals surface area contributed by atoms with E-state index < -0.39 is 0 Å². The molecule has 1 aromatic carbocycles. The van der Waals surface area contributed by atoms with Crippen LogP contribution in [0.1, 0.15) is 0 Å². The van der Waals surface area contributed by atoms with Crippen LogP contribution in [0, 0.1) is 6.07 Å². The summed E-state index contributed by atoms with van der Waals surface area (Å²) in [6.07, 6.45) is 0. The first-order valence-electron chi connectivity index (χ1n) is 3.39. The molecule has 0 fully saturated rings. The van der Waals surface area contributed by atoms with Crippen molar-refractivity contribution in [3.8, 4) is 0 Å². The molecule has 12 heavy (non-hydrogen) atoms. The quantitative estimate of drug-likeness (QED) is 0.590. The van der Waals surface area contributed by atoms with Gasteiger partial charge >= 0.3 is 0 Å². The van der Waals surface area contributed by atoms with Gasteiger partial charge in [-0.25, -0.2) is 4.98 Å². The van der Waals surface area contributed by atoms with E-state index in [1.165, 1.54) is 0 Å². The van der Waals surface area contributed by atoms with Crippen LogP contribution < -0.4 is 0 Å². The minimum atomic E-state index is 0.415. The molecule has 1 radical (unpaired) electrons. The Labute approximate surface area is 79.9 Å². The first kappa shape index (κ1) is 7.84. The van der Waals surface area contributed by atoms with Gasteiger partial charge < -0.3 is 0 Å². The van der Waals surface area contributed by atoms with Gasteiger partial charge in [0, 0.05) is 5.39 Å². The maximum atomic E-state index is 5.92. The van der Waals surface area contributed by atoms with Crippen LogP contribution in [0.5, 0.6) is 0 Å². The Hall–Kier alpha value is -0.790. The van der Waals surface area contributed by atoms with Crippen molar-refractivity contribution in [3.05, 3.63) is 40.5 Å². The summed E-state index contributed by atoms with van der Waals surface area (Å²) in [5, 5.41) is 1.91. The number of benzene rings is 1. The first-order chi connectivity index (χ1) is 5.77. The molecule has 0 aliphatic rings. The lowest BCUT2D eigenvalue weighted by molar-refractivity contribution is 1.41. The summed E-state index contributed by atoms with van der Waals surface area (Å²) in [7, 11) is 0. The van der Waals surface area contributed by atoms with Crippen molar-refractivity contribution < 1.29 is 0 Å². The third kappa shape index (κ3) is 1.26. The van der Waals surface area contributed by atoms with Gasteiger partial charge in [-0.15, -0.1) is 0 Å². The van der Waals surface area contributed by atoms with Gasteiger partial charge in [0.2, 0.25) is 0 Å². The zero-order valence-corrected chi connectivity index (χ0v) is 7.52. The first-order valence-corrected chi connectivity index (χ1v) is 4.15. The molecule has 0 N–H and O–H groups in total. The Morgan fingerprint density at radius 1 is 1.33 bits per heavy atom. The van der Waals surface area contributed by atoms with Crippen LogP contribution in [0.2, 0.25) is 10.2 Å². The van der Waals surface area contributed by atoms with Crippen LogP contribution in [-0.4, -0.2) is 4.98 Å². The van der Waals surface area contributed by atoms with E-state index >= 15 is 0 Å². The highest BCUT2D eigenvalue weighted by atomic mass is 35.5. The molecule has 2 rings (SSSR count). The molecule has 0 spiro atoms. The predicted octanol–water partition coefficient (Wildman–Crippen LogP) is 3.34. The summed E-state index contributed by atoms with van der Waals surface area (Å²) in [5.41, 5.74) is 0.797. The molecule has 0 saturated heterocycles. The smallest absolute Gasteiger partial charge is 0.131 e. The SMILES string of the molecule is Clc1cc(Cl)c2c[c]ccc2n1. The molecule has 0 unspecified atom stereocenters. The lowest BCUT2D eigenvalue weighted by Gasteiger charge is -1.98. The topological polar surface area (TPSA) is 12.9 Å². The highest BCUT2D eigenvalue weighted by Gasteiger charge is 2.00. The van der Waals surface area contributed by atoms with Crippen molar-refractivity contribution in [3.63, 3.8) is 0 Å². The van der Waals surface area contributed by atoms with Crippen molar-refractivity contribution in [1.82, 2.24) is 4.98 Å². The van der Waals surface area contributed by atoms with Crippen molar-refractivity contribution >= 4 is 34.1 Å². The van der Waals surface area contributed by atoms with Crippen LogP contribution in [0.4, 0.5) is 0 Å². The van der Waals surface area contributed by atoms with E-state index in [4.69, 9.17) is 23.2 Å². The van der Waals surface area contributed by atoms with E-state index in [2.05, 4.69) is 11.1 Å². The summed E-state index contributed by atoms with van der Waals surface area (Å²) in [5.74, 6) is 0. The highest BCUT2D eigenvalue weighted by Crippen LogP contribution is 2.24. The van der Waals surface area contributed by atoms with E-state index in [9.17, 15) is 0 Å². The second kappa shape index (κ2) is 2.92. The maximum Gasteiger partial charge on any atom is 0.131 e. The standard InChI is InChI=1S/C9H4Cl2N/c10-7-5-9(11)12-8-4-2-1-3-6(7)8/h2-5H. The van der Waals surface area contributed by atoms with E-state index in [1.54, 1.807) is 18.2 Å². The van der Waals surface area contributed by atoms with Crippen LogP contribution in [0.3, 0.4) is 0 Å². The summed E-state index contributed by atoms with van der Waals surface area (Å²) >= 11 is 11.6. The molecule has 0 aliphatic carbocycles. The highest BCUT2D eigenvalue weighted by molar-refractivity contribution is 6.37. The fraction of sp³-hybridized carbons (Fsp3) is 0. The number of pyridine rings is 1. The van der Waals surface area contributed by atoms with Gasteiger partial charge in [0.1, 0.15) is 5.15 Å². The molecule has 0 amide bonds. The summed E-state index contributed by atoms with van der Waals surface area (Å²) < 4.78 is 0. The van der Waals surface area contributed by atoms with Crippen molar-refractivity contribution in [1.29, 1.82) is 0 Å². The number of aromatic nitrogens is 1. The predicted molar refractivity (Wildman–Crippen MR) is 50.6 cm³/mol. The summed E-state index contributed by atoms with van der Waals surface area (Å²) in [6.45, 7) is 0. The second-order valence-corrected chi connectivity index (χ2v) is 3.16. The van der Waals surface area contributed by atoms with Crippen LogP contribution in [0.15, 0.2) is 24.3 Å². The average Bonchev–Trinajstić information content (AvgIpc) is 2.04. The van der Waals surface area contributed by atoms with Crippen molar-refractivity contribution in [2.24, 2.45) is 0 Å². The second-order valence-electron chi connectivity index (χ2n) is 2.37. The van der Waals surface area contributed by atoms with Crippen molar-refractivity contribution in [2.45, 2.75) is 0 Å². The average molecular weight is 197 g/mol. The fourth-order valence-corrected chi connectivity index (χ4v) is 1.55. The maximum absolute atomic E-state index is 5.92.